The minimum absolute atomic E-state index is 0.717. The van der Waals surface area contributed by atoms with Gasteiger partial charge in [0, 0.05) is 0 Å². The molecule has 0 unspecified atom stereocenters. The quantitative estimate of drug-likeness (QED) is 0.412. The lowest BCUT2D eigenvalue weighted by atomic mass is 9.66. The molecule has 1 saturated carbocycles. The smallest absolute Gasteiger partial charge is 0.357 e. The molecule has 1 aliphatic rings. The molecular weight excluding hydrogens is 486 g/mol. The van der Waals surface area contributed by atoms with Gasteiger partial charge >= 0.3 is 21.5 Å². The van der Waals surface area contributed by atoms with Crippen molar-refractivity contribution in [2.45, 2.75) is 52.0 Å². The van der Waals surface area contributed by atoms with Crippen molar-refractivity contribution < 1.29 is 50.1 Å². The number of hydrogen-bond donors (Lipinski definition) is 2. The Morgan fingerprint density at radius 2 is 0.889 bits per heavy atom. The van der Waals surface area contributed by atoms with Crippen LogP contribution in [0.3, 0.4) is 0 Å². The van der Waals surface area contributed by atoms with E-state index in [9.17, 15) is 50.1 Å². The minimum Gasteiger partial charge on any atom is -0.376 e. The van der Waals surface area contributed by atoms with Crippen LogP contribution in [0.25, 0.3) is 0 Å². The predicted octanol–water partition coefficient (Wildman–Crippen LogP) is 4.76. The van der Waals surface area contributed by atoms with Gasteiger partial charge < -0.3 is 10.2 Å². The van der Waals surface area contributed by atoms with Crippen LogP contribution in [0, 0.1) is 11.8 Å². The summed E-state index contributed by atoms with van der Waals surface area (Å²) in [6, 6.07) is 0. The number of hydrogen-bond acceptors (Lipinski definition) is 3. The van der Waals surface area contributed by atoms with Crippen molar-refractivity contribution >= 4 is 52.2 Å². The fourth-order valence-corrected chi connectivity index (χ4v) is 4.09. The summed E-state index contributed by atoms with van der Waals surface area (Å²) in [4.78, 5) is 12.3. The molecule has 0 bridgehead atoms. The summed E-state index contributed by atoms with van der Waals surface area (Å²) in [6.45, 7) is 0. The van der Waals surface area contributed by atoms with Crippen molar-refractivity contribution in [3.8, 4) is 0 Å². The molecule has 1 fully saturated rings. The van der Waals surface area contributed by atoms with Crippen molar-refractivity contribution in [2.24, 2.45) is 11.8 Å². The Balaban J connectivity index is 3.58. The molecule has 160 valence electrons. The lowest BCUT2D eigenvalue weighted by Gasteiger charge is -2.47. The number of Topliss-reactive ketones (excluding diaryl/α,β-unsaturated/α-hetero) is 1. The second-order valence-corrected chi connectivity index (χ2v) is 7.86. The van der Waals surface area contributed by atoms with E-state index in [1.807, 2.05) is 0 Å². The highest BCUT2D eigenvalue weighted by Gasteiger charge is 2.77. The minimum atomic E-state index is -5.30. The fourth-order valence-electron chi connectivity index (χ4n) is 2.99. The molecule has 1 aliphatic carbocycles. The van der Waals surface area contributed by atoms with E-state index in [2.05, 4.69) is 46.4 Å². The molecule has 1 rings (SSSR count). The first-order chi connectivity index (χ1) is 11.6. The van der Waals surface area contributed by atoms with Gasteiger partial charge in [-0.1, -0.05) is 6.42 Å². The maximum absolute atomic E-state index is 13.5. The van der Waals surface area contributed by atoms with Gasteiger partial charge in [-0.15, -0.1) is 0 Å². The van der Waals surface area contributed by atoms with E-state index in [0.717, 1.165) is 0 Å². The number of ketones is 1. The van der Waals surface area contributed by atoms with Gasteiger partial charge in [0.2, 0.25) is 11.2 Å². The van der Waals surface area contributed by atoms with E-state index in [1.165, 1.54) is 0 Å². The largest absolute Gasteiger partial charge is 0.376 e. The third-order valence-corrected chi connectivity index (χ3v) is 5.56. The lowest BCUT2D eigenvalue weighted by Crippen LogP contribution is -2.68. The lowest BCUT2D eigenvalue weighted by molar-refractivity contribution is -0.263. The van der Waals surface area contributed by atoms with Crippen LogP contribution in [0.1, 0.15) is 19.3 Å². The zero-order chi connectivity index (χ0) is 21.9. The van der Waals surface area contributed by atoms with Crippen LogP contribution in [0.4, 0.5) is 35.1 Å². The highest BCUT2D eigenvalue weighted by molar-refractivity contribution is 6.27. The highest BCUT2D eigenvalue weighted by atomic mass is 35.5. The Labute approximate surface area is 166 Å². The third-order valence-electron chi connectivity index (χ3n) is 4.41. The average molecular weight is 496 g/mol. The maximum Gasteiger partial charge on any atom is 0.357 e. The summed E-state index contributed by atoms with van der Waals surface area (Å²) in [5.74, 6) is -8.24. The summed E-state index contributed by atoms with van der Waals surface area (Å²) in [7, 11) is 0. The average Bonchev–Trinajstić information content (AvgIpc) is 2.41. The van der Waals surface area contributed by atoms with E-state index in [0.29, 0.717) is 0 Å². The van der Waals surface area contributed by atoms with Crippen molar-refractivity contribution in [1.82, 2.24) is 0 Å². The molecule has 15 heteroatoms. The standard InChI is InChI=1S/C12H10Cl4F8O3/c13-9(17,18)7(26,10(14,19)20)4-2-1-3-5(6(4)25)8(27,11(15,21)22)12(16,23)24/h4-5,26-27H,1-3H2/t4-,5+. The van der Waals surface area contributed by atoms with Gasteiger partial charge in [0.25, 0.3) is 0 Å². The van der Waals surface area contributed by atoms with Gasteiger partial charge in [-0.2, -0.15) is 35.1 Å². The number of aliphatic hydroxyl groups is 2. The molecule has 0 radical (unpaired) electrons. The zero-order valence-electron chi connectivity index (χ0n) is 12.6. The van der Waals surface area contributed by atoms with E-state index >= 15 is 0 Å². The van der Waals surface area contributed by atoms with E-state index in [-0.39, 0.29) is 0 Å². The highest BCUT2D eigenvalue weighted by Crippen LogP contribution is 2.57. The van der Waals surface area contributed by atoms with Crippen molar-refractivity contribution in [1.29, 1.82) is 0 Å². The van der Waals surface area contributed by atoms with E-state index < -0.39 is 69.6 Å². The summed E-state index contributed by atoms with van der Waals surface area (Å²) in [5.41, 5.74) is -9.72. The molecule has 0 spiro atoms. The number of rotatable bonds is 6. The number of halogens is 12. The van der Waals surface area contributed by atoms with Gasteiger partial charge in [0.15, 0.2) is 0 Å². The van der Waals surface area contributed by atoms with Crippen LogP contribution in [-0.4, -0.2) is 48.7 Å². The molecule has 3 nitrogen and oxygen atoms in total. The van der Waals surface area contributed by atoms with Crippen LogP contribution in [-0.2, 0) is 4.79 Å². The normalized spacial score (nSPS) is 24.3. The molecule has 2 N–H and O–H groups in total. The predicted molar refractivity (Wildman–Crippen MR) is 78.9 cm³/mol. The van der Waals surface area contributed by atoms with E-state index in [1.54, 1.807) is 0 Å². The van der Waals surface area contributed by atoms with Gasteiger partial charge in [-0.25, -0.2) is 0 Å². The Hall–Kier alpha value is 0.190. The Morgan fingerprint density at radius 3 is 1.07 bits per heavy atom. The van der Waals surface area contributed by atoms with Crippen molar-refractivity contribution in [2.75, 3.05) is 0 Å². The maximum atomic E-state index is 13.5. The Kier molecular flexibility index (Phi) is 6.69. The van der Waals surface area contributed by atoms with Gasteiger partial charge in [0.1, 0.15) is 5.78 Å². The van der Waals surface area contributed by atoms with Crippen molar-refractivity contribution in [3.05, 3.63) is 0 Å². The Bertz CT molecular complexity index is 505. The number of carbonyl (C=O) groups is 1. The number of carbonyl (C=O) groups excluding carboxylic acids is 1. The molecule has 0 aromatic rings. The summed E-state index contributed by atoms with van der Waals surface area (Å²) >= 11 is 17.8. The second-order valence-electron chi connectivity index (χ2n) is 5.96. The SMILES string of the molecule is O=C1[C@H](C(O)(C(F)(F)Cl)C(F)(F)Cl)CCC[C@@H]1C(O)(C(F)(F)Cl)C(F)(F)Cl. The third kappa shape index (κ3) is 3.96. The monoisotopic (exact) mass is 494 g/mol. The molecule has 27 heavy (non-hydrogen) atoms. The van der Waals surface area contributed by atoms with Gasteiger partial charge in [-0.3, -0.25) is 4.79 Å². The molecule has 0 aliphatic heterocycles. The molecule has 0 heterocycles. The Morgan fingerprint density at radius 1 is 0.667 bits per heavy atom. The molecule has 0 amide bonds. The first-order valence-electron chi connectivity index (χ1n) is 6.89. The molecule has 0 aromatic carbocycles. The second kappa shape index (κ2) is 7.16. The first kappa shape index (κ1) is 25.2. The molecule has 0 aromatic heterocycles. The van der Waals surface area contributed by atoms with Gasteiger partial charge in [0.05, 0.1) is 11.8 Å². The van der Waals surface area contributed by atoms with Crippen molar-refractivity contribution in [3.63, 3.8) is 0 Å². The van der Waals surface area contributed by atoms with Crippen LogP contribution >= 0.6 is 46.4 Å². The zero-order valence-corrected chi connectivity index (χ0v) is 15.6. The van der Waals surface area contributed by atoms with Crippen LogP contribution in [0.15, 0.2) is 0 Å². The first-order valence-corrected chi connectivity index (χ1v) is 8.40. The molecule has 2 atom stereocenters. The topological polar surface area (TPSA) is 57.5 Å². The van der Waals surface area contributed by atoms with Crippen LogP contribution in [0.5, 0.6) is 0 Å². The summed E-state index contributed by atoms with van der Waals surface area (Å²) < 4.78 is 108. The van der Waals surface area contributed by atoms with Crippen LogP contribution < -0.4 is 0 Å². The fraction of sp³-hybridized carbons (Fsp3) is 0.917. The molecule has 0 saturated heterocycles. The van der Waals surface area contributed by atoms with Crippen LogP contribution in [0.2, 0.25) is 0 Å². The molecular formula is C12H10Cl4F8O3. The summed E-state index contributed by atoms with van der Waals surface area (Å²) in [5, 5.41) is -1.68. The van der Waals surface area contributed by atoms with Gasteiger partial charge in [-0.05, 0) is 59.2 Å². The number of alkyl halides is 12. The summed E-state index contributed by atoms with van der Waals surface area (Å²) in [6.07, 6.45) is -2.76. The van der Waals surface area contributed by atoms with E-state index in [4.69, 9.17) is 0 Å².